The Morgan fingerprint density at radius 3 is 1.81 bits per heavy atom. The molecule has 0 aromatic heterocycles. The third-order valence-corrected chi connectivity index (χ3v) is 5.56. The molecule has 0 bridgehead atoms. The summed E-state index contributed by atoms with van der Waals surface area (Å²) in [6.07, 6.45) is 6.38. The minimum Gasteiger partial charge on any atom is -0.0767 e. The van der Waals surface area contributed by atoms with Gasteiger partial charge in [0.1, 0.15) is 0 Å². The van der Waals surface area contributed by atoms with Gasteiger partial charge in [-0.05, 0) is 36.0 Å². The highest BCUT2D eigenvalue weighted by Crippen LogP contribution is 2.59. The standard InChI is InChI=1S/C16H30/c1-8-15(6,9-2)16(7,10-3)14-11-13(14)12(4)5/h11-13H,8-10H2,1-7H3. The highest BCUT2D eigenvalue weighted by atomic mass is 14.5. The first-order valence-electron chi connectivity index (χ1n) is 7.08. The van der Waals surface area contributed by atoms with Crippen LogP contribution in [0, 0.1) is 22.7 Å². The van der Waals surface area contributed by atoms with E-state index in [9.17, 15) is 0 Å². The molecule has 0 aromatic carbocycles. The zero-order chi connectivity index (χ0) is 12.6. The SMILES string of the molecule is CCC(C)(CC)C(C)(CC)C1=CC1C(C)C. The molecular formula is C16H30. The maximum atomic E-state index is 2.53. The van der Waals surface area contributed by atoms with E-state index in [1.807, 2.05) is 0 Å². The second kappa shape index (κ2) is 4.55. The zero-order valence-electron chi connectivity index (χ0n) is 12.4. The highest BCUT2D eigenvalue weighted by molar-refractivity contribution is 5.38. The van der Waals surface area contributed by atoms with Crippen molar-refractivity contribution >= 4 is 0 Å². The van der Waals surface area contributed by atoms with Gasteiger partial charge in [0.15, 0.2) is 0 Å². The minimum absolute atomic E-state index is 0.422. The van der Waals surface area contributed by atoms with Gasteiger partial charge in [-0.1, -0.05) is 60.1 Å². The van der Waals surface area contributed by atoms with Gasteiger partial charge in [-0.3, -0.25) is 0 Å². The zero-order valence-corrected chi connectivity index (χ0v) is 12.4. The summed E-state index contributed by atoms with van der Waals surface area (Å²) in [4.78, 5) is 0. The lowest BCUT2D eigenvalue weighted by Gasteiger charge is -2.46. The predicted octanol–water partition coefficient (Wildman–Crippen LogP) is 5.44. The molecule has 0 saturated carbocycles. The van der Waals surface area contributed by atoms with E-state index in [1.54, 1.807) is 5.57 Å². The molecule has 0 spiro atoms. The Balaban J connectivity index is 2.92. The van der Waals surface area contributed by atoms with Crippen molar-refractivity contribution in [1.29, 1.82) is 0 Å². The molecule has 2 atom stereocenters. The fourth-order valence-electron chi connectivity index (χ4n) is 3.26. The van der Waals surface area contributed by atoms with E-state index < -0.39 is 0 Å². The van der Waals surface area contributed by atoms with E-state index in [-0.39, 0.29) is 0 Å². The van der Waals surface area contributed by atoms with Crippen LogP contribution < -0.4 is 0 Å². The summed E-state index contributed by atoms with van der Waals surface area (Å²) < 4.78 is 0. The summed E-state index contributed by atoms with van der Waals surface area (Å²) in [5.74, 6) is 1.58. The van der Waals surface area contributed by atoms with Crippen LogP contribution in [0.4, 0.5) is 0 Å². The van der Waals surface area contributed by atoms with Crippen molar-refractivity contribution in [3.8, 4) is 0 Å². The van der Waals surface area contributed by atoms with E-state index >= 15 is 0 Å². The largest absolute Gasteiger partial charge is 0.0767 e. The van der Waals surface area contributed by atoms with Gasteiger partial charge in [0.25, 0.3) is 0 Å². The van der Waals surface area contributed by atoms with Crippen LogP contribution in [0.25, 0.3) is 0 Å². The molecule has 0 fully saturated rings. The van der Waals surface area contributed by atoms with Gasteiger partial charge < -0.3 is 0 Å². The molecule has 0 aliphatic heterocycles. The molecule has 1 rings (SSSR count). The normalized spacial score (nSPS) is 24.2. The molecule has 0 aromatic rings. The number of hydrogen-bond acceptors (Lipinski definition) is 0. The molecule has 2 unspecified atom stereocenters. The van der Waals surface area contributed by atoms with Crippen LogP contribution in [0.15, 0.2) is 11.6 Å². The molecular weight excluding hydrogens is 192 g/mol. The molecule has 0 heteroatoms. The fraction of sp³-hybridized carbons (Fsp3) is 0.875. The molecule has 0 amide bonds. The molecule has 0 heterocycles. The predicted molar refractivity (Wildman–Crippen MR) is 73.5 cm³/mol. The van der Waals surface area contributed by atoms with Gasteiger partial charge >= 0.3 is 0 Å². The maximum absolute atomic E-state index is 2.53. The van der Waals surface area contributed by atoms with Gasteiger partial charge in [-0.15, -0.1) is 0 Å². The van der Waals surface area contributed by atoms with Gasteiger partial charge in [0.05, 0.1) is 0 Å². The number of hydrogen-bond donors (Lipinski definition) is 0. The van der Waals surface area contributed by atoms with Crippen LogP contribution in [-0.2, 0) is 0 Å². The average Bonchev–Trinajstić information content (AvgIpc) is 3.07. The first-order chi connectivity index (χ1) is 7.36. The van der Waals surface area contributed by atoms with Crippen LogP contribution in [0.3, 0.4) is 0 Å². The van der Waals surface area contributed by atoms with Crippen molar-refractivity contribution in [2.24, 2.45) is 22.7 Å². The Bertz CT molecular complexity index is 268. The molecule has 16 heavy (non-hydrogen) atoms. The van der Waals surface area contributed by atoms with Crippen molar-refractivity contribution < 1.29 is 0 Å². The average molecular weight is 222 g/mol. The lowest BCUT2D eigenvalue weighted by Crippen LogP contribution is -2.37. The molecule has 0 saturated heterocycles. The molecule has 1 aliphatic rings. The lowest BCUT2D eigenvalue weighted by molar-refractivity contribution is 0.0904. The number of allylic oxidation sites excluding steroid dienone is 2. The third-order valence-electron chi connectivity index (χ3n) is 5.56. The van der Waals surface area contributed by atoms with Crippen LogP contribution in [0.2, 0.25) is 0 Å². The molecule has 94 valence electrons. The van der Waals surface area contributed by atoms with E-state index in [1.165, 1.54) is 19.3 Å². The topological polar surface area (TPSA) is 0 Å². The molecule has 1 aliphatic carbocycles. The Hall–Kier alpha value is -0.260. The summed E-state index contributed by atoms with van der Waals surface area (Å²) in [5, 5.41) is 0. The Kier molecular flexibility index (Phi) is 3.92. The Labute approximate surface area is 103 Å². The van der Waals surface area contributed by atoms with Gasteiger partial charge in [-0.25, -0.2) is 0 Å². The van der Waals surface area contributed by atoms with Crippen molar-refractivity contribution in [2.75, 3.05) is 0 Å². The van der Waals surface area contributed by atoms with Crippen LogP contribution in [-0.4, -0.2) is 0 Å². The summed E-state index contributed by atoms with van der Waals surface area (Å²) in [5.41, 5.74) is 2.64. The van der Waals surface area contributed by atoms with Crippen molar-refractivity contribution in [1.82, 2.24) is 0 Å². The van der Waals surface area contributed by atoms with E-state index in [2.05, 4.69) is 54.5 Å². The highest BCUT2D eigenvalue weighted by Gasteiger charge is 2.49. The first-order valence-corrected chi connectivity index (χ1v) is 7.08. The fourth-order valence-corrected chi connectivity index (χ4v) is 3.26. The lowest BCUT2D eigenvalue weighted by atomic mass is 9.59. The summed E-state index contributed by atoms with van der Waals surface area (Å²) in [6, 6.07) is 0. The summed E-state index contributed by atoms with van der Waals surface area (Å²) in [6.45, 7) is 16.7. The molecule has 0 radical (unpaired) electrons. The second-order valence-electron chi connectivity index (χ2n) is 6.35. The third kappa shape index (κ3) is 1.96. The molecule has 0 nitrogen and oxygen atoms in total. The monoisotopic (exact) mass is 222 g/mol. The number of rotatable bonds is 6. The van der Waals surface area contributed by atoms with E-state index in [0.29, 0.717) is 10.8 Å². The second-order valence-corrected chi connectivity index (χ2v) is 6.35. The smallest absolute Gasteiger partial charge is 0.000874 e. The van der Waals surface area contributed by atoms with Gasteiger partial charge in [0.2, 0.25) is 0 Å². The summed E-state index contributed by atoms with van der Waals surface area (Å²) >= 11 is 0. The van der Waals surface area contributed by atoms with Crippen molar-refractivity contribution in [3.63, 3.8) is 0 Å². The van der Waals surface area contributed by atoms with Gasteiger partial charge in [0, 0.05) is 5.92 Å². The Morgan fingerprint density at radius 2 is 1.56 bits per heavy atom. The van der Waals surface area contributed by atoms with Crippen molar-refractivity contribution in [3.05, 3.63) is 11.6 Å². The first kappa shape index (κ1) is 13.8. The molecule has 0 N–H and O–H groups in total. The Morgan fingerprint density at radius 1 is 1.06 bits per heavy atom. The van der Waals surface area contributed by atoms with Crippen LogP contribution >= 0.6 is 0 Å². The van der Waals surface area contributed by atoms with Gasteiger partial charge in [-0.2, -0.15) is 0 Å². The van der Waals surface area contributed by atoms with Crippen LogP contribution in [0.1, 0.15) is 67.7 Å². The van der Waals surface area contributed by atoms with E-state index in [4.69, 9.17) is 0 Å². The van der Waals surface area contributed by atoms with Crippen LogP contribution in [0.5, 0.6) is 0 Å². The quantitative estimate of drug-likeness (QED) is 0.525. The minimum atomic E-state index is 0.422. The van der Waals surface area contributed by atoms with E-state index in [0.717, 1.165) is 11.8 Å². The summed E-state index contributed by atoms with van der Waals surface area (Å²) in [7, 11) is 0. The maximum Gasteiger partial charge on any atom is 0.000874 e. The van der Waals surface area contributed by atoms with Crippen molar-refractivity contribution in [2.45, 2.75) is 67.7 Å².